The highest BCUT2D eigenvalue weighted by Crippen LogP contribution is 2.31. The van der Waals surface area contributed by atoms with Gasteiger partial charge in [0.25, 0.3) is 0 Å². The molecule has 1 aliphatic carbocycles. The molecular weight excluding hydrogens is 312 g/mol. The first-order valence-electron chi connectivity index (χ1n) is 8.77. The minimum atomic E-state index is 0.819. The van der Waals surface area contributed by atoms with Gasteiger partial charge in [-0.15, -0.1) is 0 Å². The highest BCUT2D eigenvalue weighted by Gasteiger charge is 2.23. The number of hydrazine groups is 1. The number of hydrogen-bond acceptors (Lipinski definition) is 5. The van der Waals surface area contributed by atoms with E-state index in [9.17, 15) is 0 Å². The van der Waals surface area contributed by atoms with Crippen LogP contribution in [0.25, 0.3) is 5.70 Å². The lowest BCUT2D eigenvalue weighted by molar-refractivity contribution is 0.551. The SMILES string of the molecule is C/C(Nc1cc(C)n(CC2CC2)n1)=C1\C=C(c2cnccc2C)NN1. The average molecular weight is 336 g/mol. The monoisotopic (exact) mass is 336 g/mol. The predicted molar refractivity (Wildman–Crippen MR) is 99.2 cm³/mol. The molecule has 0 amide bonds. The van der Waals surface area contributed by atoms with Crippen molar-refractivity contribution in [3.8, 4) is 0 Å². The fourth-order valence-electron chi connectivity index (χ4n) is 3.00. The molecule has 1 aliphatic heterocycles. The predicted octanol–water partition coefficient (Wildman–Crippen LogP) is 3.10. The van der Waals surface area contributed by atoms with Gasteiger partial charge >= 0.3 is 0 Å². The largest absolute Gasteiger partial charge is 0.341 e. The topological polar surface area (TPSA) is 66.8 Å². The van der Waals surface area contributed by atoms with Crippen LogP contribution in [0.2, 0.25) is 0 Å². The number of nitrogens with one attached hydrogen (secondary N) is 3. The van der Waals surface area contributed by atoms with E-state index in [0.717, 1.165) is 40.9 Å². The molecule has 0 atom stereocenters. The number of allylic oxidation sites excluding steroid dienone is 2. The molecule has 0 aromatic carbocycles. The summed E-state index contributed by atoms with van der Waals surface area (Å²) >= 11 is 0. The smallest absolute Gasteiger partial charge is 0.152 e. The van der Waals surface area contributed by atoms with Crippen LogP contribution in [-0.4, -0.2) is 14.8 Å². The highest BCUT2D eigenvalue weighted by atomic mass is 15.4. The lowest BCUT2D eigenvalue weighted by atomic mass is 10.1. The zero-order chi connectivity index (χ0) is 17.4. The lowest BCUT2D eigenvalue weighted by Gasteiger charge is -2.08. The molecule has 2 aromatic rings. The summed E-state index contributed by atoms with van der Waals surface area (Å²) in [5.74, 6) is 1.71. The zero-order valence-corrected chi connectivity index (χ0v) is 14.9. The second-order valence-corrected chi connectivity index (χ2v) is 6.96. The van der Waals surface area contributed by atoms with Crippen LogP contribution in [0.5, 0.6) is 0 Å². The molecule has 6 nitrogen and oxygen atoms in total. The molecule has 0 saturated heterocycles. The van der Waals surface area contributed by atoms with Gasteiger partial charge in [0.05, 0.1) is 11.4 Å². The van der Waals surface area contributed by atoms with Crippen molar-refractivity contribution in [1.29, 1.82) is 0 Å². The summed E-state index contributed by atoms with van der Waals surface area (Å²) in [6, 6.07) is 4.12. The minimum Gasteiger partial charge on any atom is -0.341 e. The van der Waals surface area contributed by atoms with Gasteiger partial charge in [0.1, 0.15) is 0 Å². The molecule has 2 aliphatic rings. The zero-order valence-electron chi connectivity index (χ0n) is 14.9. The average Bonchev–Trinajstić information content (AvgIpc) is 3.14. The molecule has 6 heteroatoms. The molecule has 3 N–H and O–H groups in total. The van der Waals surface area contributed by atoms with Crippen LogP contribution in [-0.2, 0) is 6.54 Å². The lowest BCUT2D eigenvalue weighted by Crippen LogP contribution is -2.24. The van der Waals surface area contributed by atoms with E-state index in [0.29, 0.717) is 0 Å². The molecule has 0 spiro atoms. The van der Waals surface area contributed by atoms with Gasteiger partial charge in [-0.2, -0.15) is 5.10 Å². The van der Waals surface area contributed by atoms with E-state index in [1.54, 1.807) is 0 Å². The van der Waals surface area contributed by atoms with Crippen molar-refractivity contribution < 1.29 is 0 Å². The maximum absolute atomic E-state index is 4.69. The Morgan fingerprint density at radius 1 is 1.32 bits per heavy atom. The van der Waals surface area contributed by atoms with E-state index in [-0.39, 0.29) is 0 Å². The molecule has 0 unspecified atom stereocenters. The summed E-state index contributed by atoms with van der Waals surface area (Å²) in [5, 5.41) is 8.10. The fourth-order valence-corrected chi connectivity index (χ4v) is 3.00. The van der Waals surface area contributed by atoms with Crippen LogP contribution < -0.4 is 16.2 Å². The Bertz CT molecular complexity index is 857. The normalized spacial score (nSPS) is 18.4. The van der Waals surface area contributed by atoms with Gasteiger partial charge in [-0.05, 0) is 57.2 Å². The van der Waals surface area contributed by atoms with Crippen LogP contribution in [0.4, 0.5) is 5.82 Å². The number of hydrogen-bond donors (Lipinski definition) is 3. The quantitative estimate of drug-likeness (QED) is 0.783. The van der Waals surface area contributed by atoms with E-state index in [1.165, 1.54) is 24.1 Å². The van der Waals surface area contributed by atoms with E-state index in [4.69, 9.17) is 0 Å². The number of anilines is 1. The molecule has 4 rings (SSSR count). The summed E-state index contributed by atoms with van der Waals surface area (Å²) in [5.41, 5.74) is 13.0. The van der Waals surface area contributed by atoms with Crippen molar-refractivity contribution >= 4 is 11.5 Å². The Morgan fingerprint density at radius 3 is 2.92 bits per heavy atom. The molecule has 130 valence electrons. The maximum atomic E-state index is 4.69. The van der Waals surface area contributed by atoms with Crippen molar-refractivity contribution in [3.05, 3.63) is 58.8 Å². The van der Waals surface area contributed by atoms with Gasteiger partial charge in [-0.3, -0.25) is 15.1 Å². The van der Waals surface area contributed by atoms with E-state index in [1.807, 2.05) is 18.5 Å². The summed E-state index contributed by atoms with van der Waals surface area (Å²) in [6.45, 7) is 7.28. The molecule has 25 heavy (non-hydrogen) atoms. The number of rotatable bonds is 5. The third-order valence-corrected chi connectivity index (χ3v) is 4.78. The van der Waals surface area contributed by atoms with Gasteiger partial charge in [0, 0.05) is 42.0 Å². The van der Waals surface area contributed by atoms with Crippen LogP contribution >= 0.6 is 0 Å². The number of nitrogens with zero attached hydrogens (tertiary/aromatic N) is 3. The maximum Gasteiger partial charge on any atom is 0.152 e. The van der Waals surface area contributed by atoms with Crippen LogP contribution in [0.1, 0.15) is 36.6 Å². The molecule has 1 saturated carbocycles. The Kier molecular flexibility index (Phi) is 3.95. The highest BCUT2D eigenvalue weighted by molar-refractivity contribution is 5.71. The van der Waals surface area contributed by atoms with Crippen LogP contribution in [0, 0.1) is 19.8 Å². The van der Waals surface area contributed by atoms with Crippen molar-refractivity contribution in [2.75, 3.05) is 5.32 Å². The molecule has 0 radical (unpaired) electrons. The van der Waals surface area contributed by atoms with Gasteiger partial charge in [0.2, 0.25) is 0 Å². The Morgan fingerprint density at radius 2 is 2.16 bits per heavy atom. The Labute approximate surface area is 148 Å². The first-order valence-corrected chi connectivity index (χ1v) is 8.77. The van der Waals surface area contributed by atoms with Crippen LogP contribution in [0.15, 0.2) is 42.0 Å². The van der Waals surface area contributed by atoms with Gasteiger partial charge < -0.3 is 10.7 Å². The Hall–Kier alpha value is -2.76. The first kappa shape index (κ1) is 15.7. The summed E-state index contributed by atoms with van der Waals surface area (Å²) in [6.07, 6.45) is 8.46. The van der Waals surface area contributed by atoms with E-state index < -0.39 is 0 Å². The third kappa shape index (κ3) is 3.38. The first-order chi connectivity index (χ1) is 12.1. The summed E-state index contributed by atoms with van der Waals surface area (Å²) in [4.78, 5) is 4.22. The van der Waals surface area contributed by atoms with Gasteiger partial charge in [0.15, 0.2) is 5.82 Å². The standard InChI is InChI=1S/C19H24N6/c1-12-6-7-20-10-16(12)18-9-17(22-23-18)14(3)21-19-8-13(2)25(24-19)11-15-4-5-15/h6-10,15,22-23H,4-5,11H2,1-3H3,(H,21,24)/b17-14-. The van der Waals surface area contributed by atoms with Gasteiger partial charge in [-0.1, -0.05) is 0 Å². The molecule has 3 heterocycles. The molecule has 1 fully saturated rings. The van der Waals surface area contributed by atoms with Gasteiger partial charge in [-0.25, -0.2) is 0 Å². The van der Waals surface area contributed by atoms with Crippen molar-refractivity contribution in [2.24, 2.45) is 5.92 Å². The second kappa shape index (κ2) is 6.27. The van der Waals surface area contributed by atoms with Crippen LogP contribution in [0.3, 0.4) is 0 Å². The number of aryl methyl sites for hydroxylation is 2. The van der Waals surface area contributed by atoms with Crippen molar-refractivity contribution in [2.45, 2.75) is 40.2 Å². The minimum absolute atomic E-state index is 0.819. The molecular formula is C19H24N6. The molecule has 2 aromatic heterocycles. The van der Waals surface area contributed by atoms with Crippen molar-refractivity contribution in [1.82, 2.24) is 25.6 Å². The number of aromatic nitrogens is 3. The third-order valence-electron chi connectivity index (χ3n) is 4.78. The summed E-state index contributed by atoms with van der Waals surface area (Å²) in [7, 11) is 0. The van der Waals surface area contributed by atoms with E-state index in [2.05, 4.69) is 63.8 Å². The number of pyridine rings is 1. The molecule has 0 bridgehead atoms. The van der Waals surface area contributed by atoms with E-state index >= 15 is 0 Å². The Balaban J connectivity index is 1.52. The van der Waals surface area contributed by atoms with Crippen molar-refractivity contribution in [3.63, 3.8) is 0 Å². The second-order valence-electron chi connectivity index (χ2n) is 6.96. The summed E-state index contributed by atoms with van der Waals surface area (Å²) < 4.78 is 2.11. The fraction of sp³-hybridized carbons (Fsp3) is 0.368.